The largest absolute Gasteiger partial charge is 0.355 e. The average molecular weight is 501 g/mol. The molecule has 0 atom stereocenters. The number of guanidine groups is 1. The molecular weight excluding hydrogens is 472 g/mol. The third kappa shape index (κ3) is 7.96. The zero-order valence-corrected chi connectivity index (χ0v) is 20.7. The third-order valence-corrected chi connectivity index (χ3v) is 7.20. The smallest absolute Gasteiger partial charge is 0.212 e. The molecule has 3 rings (SSSR count). The van der Waals surface area contributed by atoms with Crippen molar-refractivity contribution in [1.82, 2.24) is 10.7 Å². The molecule has 34 heavy (non-hydrogen) atoms. The standard InChI is InChI=1S/C24H28N4O4S2/c1-33(29,30)22-13-7-19(8-14-22)5-11-21(27-28-24-25-17-3-4-18-26-24)12-6-20-9-15-23(16-10-20)34(2,31)32/h5-16H,3-4,17-18H2,1-2H3,(H2,25,26,28)/b11-5+,12-6+. The van der Waals surface area contributed by atoms with Gasteiger partial charge in [-0.15, -0.1) is 0 Å². The maximum absolute atomic E-state index is 11.7. The zero-order chi connectivity index (χ0) is 24.6. The van der Waals surface area contributed by atoms with Gasteiger partial charge < -0.3 is 5.32 Å². The first-order chi connectivity index (χ1) is 16.1. The van der Waals surface area contributed by atoms with Crippen LogP contribution in [-0.4, -0.2) is 54.1 Å². The first-order valence-electron chi connectivity index (χ1n) is 10.7. The fourth-order valence-electron chi connectivity index (χ4n) is 3.03. The summed E-state index contributed by atoms with van der Waals surface area (Å²) in [6, 6.07) is 13.2. The van der Waals surface area contributed by atoms with E-state index in [0.717, 1.165) is 37.1 Å². The van der Waals surface area contributed by atoms with E-state index < -0.39 is 19.7 Å². The van der Waals surface area contributed by atoms with Gasteiger partial charge in [-0.3, -0.25) is 4.99 Å². The van der Waals surface area contributed by atoms with Gasteiger partial charge in [0.2, 0.25) is 5.96 Å². The predicted octanol–water partition coefficient (Wildman–Crippen LogP) is 2.91. The molecule has 2 aromatic carbocycles. The average Bonchev–Trinajstić information content (AvgIpc) is 3.07. The van der Waals surface area contributed by atoms with Crippen LogP contribution in [0, 0.1) is 0 Å². The fraction of sp³-hybridized carbons (Fsp3) is 0.250. The summed E-state index contributed by atoms with van der Waals surface area (Å²) >= 11 is 0. The lowest BCUT2D eigenvalue weighted by Crippen LogP contribution is -2.34. The van der Waals surface area contributed by atoms with Gasteiger partial charge >= 0.3 is 0 Å². The predicted molar refractivity (Wildman–Crippen MR) is 137 cm³/mol. The van der Waals surface area contributed by atoms with Crippen LogP contribution < -0.4 is 10.7 Å². The number of sulfone groups is 2. The van der Waals surface area contributed by atoms with Crippen molar-refractivity contribution < 1.29 is 16.8 Å². The number of nitrogens with zero attached hydrogens (tertiary/aromatic N) is 2. The molecule has 2 N–H and O–H groups in total. The molecule has 0 saturated carbocycles. The first kappa shape index (κ1) is 25.4. The Morgan fingerprint density at radius 1 is 0.853 bits per heavy atom. The minimum atomic E-state index is -3.25. The molecule has 0 saturated heterocycles. The summed E-state index contributed by atoms with van der Waals surface area (Å²) in [5.41, 5.74) is 5.18. The first-order valence-corrected chi connectivity index (χ1v) is 14.5. The van der Waals surface area contributed by atoms with Gasteiger partial charge in [-0.1, -0.05) is 36.4 Å². The maximum Gasteiger partial charge on any atom is 0.212 e. The quantitative estimate of drug-likeness (QED) is 0.446. The van der Waals surface area contributed by atoms with Gasteiger partial charge in [0.1, 0.15) is 0 Å². The van der Waals surface area contributed by atoms with Gasteiger partial charge in [0.25, 0.3) is 0 Å². The van der Waals surface area contributed by atoms with Crippen LogP contribution in [0.5, 0.6) is 0 Å². The van der Waals surface area contributed by atoms with E-state index in [-0.39, 0.29) is 9.79 Å². The van der Waals surface area contributed by atoms with E-state index in [4.69, 9.17) is 0 Å². The van der Waals surface area contributed by atoms with Crippen molar-refractivity contribution in [2.45, 2.75) is 22.6 Å². The minimum Gasteiger partial charge on any atom is -0.355 e. The highest BCUT2D eigenvalue weighted by Gasteiger charge is 2.06. The molecule has 1 aliphatic heterocycles. The fourth-order valence-corrected chi connectivity index (χ4v) is 4.29. The molecule has 2 aromatic rings. The normalized spacial score (nSPS) is 14.9. The van der Waals surface area contributed by atoms with E-state index in [1.165, 1.54) is 12.5 Å². The number of hydrogen-bond acceptors (Lipinski definition) is 8. The maximum atomic E-state index is 11.7. The number of allylic oxidation sites excluding steroid dienone is 2. The summed E-state index contributed by atoms with van der Waals surface area (Å²) in [6.07, 6.45) is 11.6. The van der Waals surface area contributed by atoms with Gasteiger partial charge in [-0.05, 0) is 60.4 Å². The molecule has 0 aliphatic carbocycles. The topological polar surface area (TPSA) is 117 Å². The molecule has 0 amide bonds. The van der Waals surface area contributed by atoms with E-state index in [9.17, 15) is 16.8 Å². The van der Waals surface area contributed by atoms with E-state index >= 15 is 0 Å². The summed E-state index contributed by atoms with van der Waals surface area (Å²) in [4.78, 5) is 4.94. The van der Waals surface area contributed by atoms with Crippen LogP contribution in [0.1, 0.15) is 24.0 Å². The van der Waals surface area contributed by atoms with Gasteiger partial charge in [0, 0.05) is 25.6 Å². The number of hydrogen-bond donors (Lipinski definition) is 2. The second kappa shape index (κ2) is 11.3. The molecule has 0 unspecified atom stereocenters. The van der Waals surface area contributed by atoms with E-state index in [0.29, 0.717) is 11.7 Å². The number of rotatable bonds is 7. The highest BCUT2D eigenvalue weighted by atomic mass is 32.2. The van der Waals surface area contributed by atoms with Crippen LogP contribution in [0.2, 0.25) is 0 Å². The molecule has 0 radical (unpaired) electrons. The Bertz CT molecular complexity index is 1240. The molecule has 0 aromatic heterocycles. The van der Waals surface area contributed by atoms with Crippen molar-refractivity contribution >= 4 is 43.5 Å². The van der Waals surface area contributed by atoms with Crippen molar-refractivity contribution in [3.8, 4) is 0 Å². The highest BCUT2D eigenvalue weighted by molar-refractivity contribution is 7.91. The van der Waals surface area contributed by atoms with Crippen LogP contribution in [0.15, 0.2) is 80.6 Å². The number of nitrogens with one attached hydrogen (secondary N) is 2. The minimum absolute atomic E-state index is 0.259. The molecule has 8 nitrogen and oxygen atoms in total. The Morgan fingerprint density at radius 3 is 1.82 bits per heavy atom. The van der Waals surface area contributed by atoms with Crippen LogP contribution in [0.4, 0.5) is 0 Å². The molecule has 10 heteroatoms. The monoisotopic (exact) mass is 500 g/mol. The molecule has 0 fully saturated rings. The van der Waals surface area contributed by atoms with Crippen molar-refractivity contribution in [3.63, 3.8) is 0 Å². The summed E-state index contributed by atoms with van der Waals surface area (Å²) < 4.78 is 46.6. The summed E-state index contributed by atoms with van der Waals surface area (Å²) in [7, 11) is -6.51. The van der Waals surface area contributed by atoms with Crippen molar-refractivity contribution in [1.29, 1.82) is 0 Å². The van der Waals surface area contributed by atoms with E-state index in [1.54, 1.807) is 60.7 Å². The molecule has 1 heterocycles. The van der Waals surface area contributed by atoms with Crippen molar-refractivity contribution in [3.05, 3.63) is 71.8 Å². The number of hydrazone groups is 1. The molecule has 0 spiro atoms. The zero-order valence-electron chi connectivity index (χ0n) is 19.1. The lowest BCUT2D eigenvalue weighted by atomic mass is 10.1. The summed E-state index contributed by atoms with van der Waals surface area (Å²) in [6.45, 7) is 1.55. The Hall–Kier alpha value is -3.24. The van der Waals surface area contributed by atoms with Crippen molar-refractivity contribution in [2.24, 2.45) is 10.1 Å². The Morgan fingerprint density at radius 2 is 1.35 bits per heavy atom. The summed E-state index contributed by atoms with van der Waals surface area (Å²) in [5.74, 6) is 0.604. The lowest BCUT2D eigenvalue weighted by Gasteiger charge is -2.06. The Kier molecular flexibility index (Phi) is 8.41. The molecule has 0 bridgehead atoms. The SMILES string of the molecule is CS(=O)(=O)c1ccc(/C=C/C(/C=C/c2ccc(S(C)(=O)=O)cc2)=NNC2=NCCCCN2)cc1. The lowest BCUT2D eigenvalue weighted by molar-refractivity contribution is 0.600. The van der Waals surface area contributed by atoms with Gasteiger partial charge in [0.15, 0.2) is 19.7 Å². The van der Waals surface area contributed by atoms with Gasteiger partial charge in [-0.2, -0.15) is 5.10 Å². The van der Waals surface area contributed by atoms with E-state index in [2.05, 4.69) is 20.8 Å². The molecular formula is C24H28N4O4S2. The van der Waals surface area contributed by atoms with E-state index in [1.807, 2.05) is 12.2 Å². The van der Waals surface area contributed by atoms with Gasteiger partial charge in [0.05, 0.1) is 15.5 Å². The van der Waals surface area contributed by atoms with Gasteiger partial charge in [-0.25, -0.2) is 22.3 Å². The van der Waals surface area contributed by atoms with Crippen LogP contribution in [-0.2, 0) is 19.7 Å². The van der Waals surface area contributed by atoms with Crippen molar-refractivity contribution in [2.75, 3.05) is 25.6 Å². The molecule has 1 aliphatic rings. The van der Waals surface area contributed by atoms with Crippen LogP contribution >= 0.6 is 0 Å². The van der Waals surface area contributed by atoms with Crippen LogP contribution in [0.3, 0.4) is 0 Å². The second-order valence-electron chi connectivity index (χ2n) is 7.86. The number of aliphatic imine (C=N–C) groups is 1. The Balaban J connectivity index is 1.82. The Labute approximate surface area is 201 Å². The number of benzene rings is 2. The third-order valence-electron chi connectivity index (χ3n) is 4.95. The van der Waals surface area contributed by atoms with Crippen LogP contribution in [0.25, 0.3) is 12.2 Å². The highest BCUT2D eigenvalue weighted by Crippen LogP contribution is 2.13. The molecule has 180 valence electrons. The summed E-state index contributed by atoms with van der Waals surface area (Å²) in [5, 5.41) is 7.64. The second-order valence-corrected chi connectivity index (χ2v) is 11.9.